The molecule has 0 aliphatic heterocycles. The highest BCUT2D eigenvalue weighted by molar-refractivity contribution is 6.30. The lowest BCUT2D eigenvalue weighted by molar-refractivity contribution is -0.139. The number of carbonyl (C=O) groups is 2. The van der Waals surface area contributed by atoms with Crippen molar-refractivity contribution in [1.29, 1.82) is 0 Å². The summed E-state index contributed by atoms with van der Waals surface area (Å²) in [6, 6.07) is 12.2. The Morgan fingerprint density at radius 2 is 1.92 bits per heavy atom. The molecule has 0 fully saturated rings. The number of aliphatic carboxylic acids is 1. The number of halogens is 1. The Morgan fingerprint density at radius 3 is 2.52 bits per heavy atom. The monoisotopic (exact) mass is 361 g/mol. The number of carboxylic acids is 1. The van der Waals surface area contributed by atoms with Crippen LogP contribution >= 0.6 is 11.6 Å². The zero-order chi connectivity index (χ0) is 18.6. The standard InChI is InChI=1S/C19H20ClNO4/c1-12-9-15(25-11-17(22)23)7-8-16(12)21-18(24)19(2,3)13-5-4-6-14(20)10-13/h4-10H,11H2,1-3H3,(H,21,24)(H,22,23). The lowest BCUT2D eigenvalue weighted by Crippen LogP contribution is -2.34. The third-order valence-electron chi connectivity index (χ3n) is 3.92. The molecule has 2 N–H and O–H groups in total. The Bertz CT molecular complexity index is 802. The molecule has 5 nitrogen and oxygen atoms in total. The molecule has 2 rings (SSSR count). The summed E-state index contributed by atoms with van der Waals surface area (Å²) in [6.07, 6.45) is 0. The van der Waals surface area contributed by atoms with Crippen molar-refractivity contribution in [2.75, 3.05) is 11.9 Å². The number of benzene rings is 2. The van der Waals surface area contributed by atoms with E-state index in [1.54, 1.807) is 30.3 Å². The fraction of sp³-hybridized carbons (Fsp3) is 0.263. The van der Waals surface area contributed by atoms with Crippen LogP contribution in [-0.2, 0) is 15.0 Å². The van der Waals surface area contributed by atoms with E-state index in [2.05, 4.69) is 5.32 Å². The van der Waals surface area contributed by atoms with Crippen molar-refractivity contribution in [3.8, 4) is 5.75 Å². The first-order valence-corrected chi connectivity index (χ1v) is 8.10. The number of rotatable bonds is 6. The first-order chi connectivity index (χ1) is 11.7. The van der Waals surface area contributed by atoms with Crippen LogP contribution < -0.4 is 10.1 Å². The molecule has 1 amide bonds. The number of hydrogen-bond donors (Lipinski definition) is 2. The number of carbonyl (C=O) groups excluding carboxylic acids is 1. The van der Waals surface area contributed by atoms with Crippen LogP contribution in [0.3, 0.4) is 0 Å². The fourth-order valence-corrected chi connectivity index (χ4v) is 2.49. The van der Waals surface area contributed by atoms with E-state index < -0.39 is 18.0 Å². The molecule has 0 radical (unpaired) electrons. The van der Waals surface area contributed by atoms with Crippen LogP contribution in [0.2, 0.25) is 5.02 Å². The van der Waals surface area contributed by atoms with E-state index in [0.717, 1.165) is 11.1 Å². The van der Waals surface area contributed by atoms with Gasteiger partial charge in [0.1, 0.15) is 5.75 Å². The van der Waals surface area contributed by atoms with Gasteiger partial charge in [0.15, 0.2) is 6.61 Å². The van der Waals surface area contributed by atoms with Crippen molar-refractivity contribution in [3.05, 3.63) is 58.6 Å². The van der Waals surface area contributed by atoms with E-state index in [9.17, 15) is 9.59 Å². The average Bonchev–Trinajstić information content (AvgIpc) is 2.55. The quantitative estimate of drug-likeness (QED) is 0.814. The minimum Gasteiger partial charge on any atom is -0.482 e. The maximum Gasteiger partial charge on any atom is 0.341 e. The van der Waals surface area contributed by atoms with Gasteiger partial charge in [-0.1, -0.05) is 23.7 Å². The summed E-state index contributed by atoms with van der Waals surface area (Å²) in [7, 11) is 0. The summed E-state index contributed by atoms with van der Waals surface area (Å²) in [5.41, 5.74) is 1.47. The summed E-state index contributed by atoms with van der Waals surface area (Å²) >= 11 is 6.02. The molecule has 0 bridgehead atoms. The number of ether oxygens (including phenoxy) is 1. The summed E-state index contributed by atoms with van der Waals surface area (Å²) in [5, 5.41) is 12.1. The van der Waals surface area contributed by atoms with Crippen LogP contribution in [0.15, 0.2) is 42.5 Å². The summed E-state index contributed by atoms with van der Waals surface area (Å²) in [6.45, 7) is 5.06. The highest BCUT2D eigenvalue weighted by Crippen LogP contribution is 2.29. The average molecular weight is 362 g/mol. The van der Waals surface area contributed by atoms with Gasteiger partial charge in [0.05, 0.1) is 5.41 Å². The van der Waals surface area contributed by atoms with Crippen LogP contribution in [-0.4, -0.2) is 23.6 Å². The van der Waals surface area contributed by atoms with Gasteiger partial charge in [-0.05, 0) is 62.2 Å². The van der Waals surface area contributed by atoms with E-state index in [-0.39, 0.29) is 5.91 Å². The molecule has 0 saturated carbocycles. The Kier molecular flexibility index (Phi) is 5.69. The van der Waals surface area contributed by atoms with E-state index in [4.69, 9.17) is 21.4 Å². The normalized spacial score (nSPS) is 11.0. The molecule has 2 aromatic rings. The maximum atomic E-state index is 12.7. The summed E-state index contributed by atoms with van der Waals surface area (Å²) in [4.78, 5) is 23.3. The summed E-state index contributed by atoms with van der Waals surface area (Å²) in [5.74, 6) is -0.776. The van der Waals surface area contributed by atoms with Gasteiger partial charge in [-0.25, -0.2) is 4.79 Å². The predicted octanol–water partition coefficient (Wildman–Crippen LogP) is 4.03. The van der Waals surface area contributed by atoms with Crippen molar-refractivity contribution in [2.45, 2.75) is 26.2 Å². The Labute approximate surface area is 151 Å². The molecule has 0 aliphatic rings. The van der Waals surface area contributed by atoms with Crippen molar-refractivity contribution < 1.29 is 19.4 Å². The molecule has 0 saturated heterocycles. The van der Waals surface area contributed by atoms with E-state index >= 15 is 0 Å². The molecule has 0 spiro atoms. The number of anilines is 1. The molecule has 0 atom stereocenters. The Hall–Kier alpha value is -2.53. The maximum absolute atomic E-state index is 12.7. The molecule has 132 valence electrons. The van der Waals surface area contributed by atoms with E-state index in [0.29, 0.717) is 16.5 Å². The van der Waals surface area contributed by atoms with Gasteiger partial charge < -0.3 is 15.2 Å². The molecule has 0 heterocycles. The van der Waals surface area contributed by atoms with Gasteiger partial charge in [0, 0.05) is 10.7 Å². The largest absolute Gasteiger partial charge is 0.482 e. The topological polar surface area (TPSA) is 75.6 Å². The second-order valence-electron chi connectivity index (χ2n) is 6.25. The minimum atomic E-state index is -1.04. The third-order valence-corrected chi connectivity index (χ3v) is 4.16. The Morgan fingerprint density at radius 1 is 1.20 bits per heavy atom. The SMILES string of the molecule is Cc1cc(OCC(=O)O)ccc1NC(=O)C(C)(C)c1cccc(Cl)c1. The van der Waals surface area contributed by atoms with Crippen LogP contribution in [0.1, 0.15) is 25.0 Å². The van der Waals surface area contributed by atoms with Gasteiger partial charge in [0.25, 0.3) is 0 Å². The molecule has 6 heteroatoms. The highest BCUT2D eigenvalue weighted by Gasteiger charge is 2.30. The number of amides is 1. The first-order valence-electron chi connectivity index (χ1n) is 7.73. The minimum absolute atomic E-state index is 0.169. The number of nitrogens with one attached hydrogen (secondary N) is 1. The molecule has 0 unspecified atom stereocenters. The molecule has 2 aromatic carbocycles. The van der Waals surface area contributed by atoms with Gasteiger partial charge >= 0.3 is 5.97 Å². The zero-order valence-corrected chi connectivity index (χ0v) is 15.1. The van der Waals surface area contributed by atoms with Crippen LogP contribution in [0, 0.1) is 6.92 Å². The second-order valence-corrected chi connectivity index (χ2v) is 6.69. The molecule has 0 aromatic heterocycles. The van der Waals surface area contributed by atoms with Crippen molar-refractivity contribution in [1.82, 2.24) is 0 Å². The third kappa shape index (κ3) is 4.73. The van der Waals surface area contributed by atoms with Crippen molar-refractivity contribution in [2.24, 2.45) is 0 Å². The van der Waals surface area contributed by atoms with Gasteiger partial charge in [-0.15, -0.1) is 0 Å². The highest BCUT2D eigenvalue weighted by atomic mass is 35.5. The smallest absolute Gasteiger partial charge is 0.341 e. The number of hydrogen-bond acceptors (Lipinski definition) is 3. The van der Waals surface area contributed by atoms with Crippen LogP contribution in [0.4, 0.5) is 5.69 Å². The fourth-order valence-electron chi connectivity index (χ4n) is 2.30. The van der Waals surface area contributed by atoms with Crippen LogP contribution in [0.5, 0.6) is 5.75 Å². The predicted molar refractivity (Wildman–Crippen MR) is 97.4 cm³/mol. The van der Waals surface area contributed by atoms with Gasteiger partial charge in [0.2, 0.25) is 5.91 Å². The van der Waals surface area contributed by atoms with E-state index in [1.807, 2.05) is 32.9 Å². The lowest BCUT2D eigenvalue weighted by Gasteiger charge is -2.25. The van der Waals surface area contributed by atoms with Crippen LogP contribution in [0.25, 0.3) is 0 Å². The molecular formula is C19H20ClNO4. The molecule has 25 heavy (non-hydrogen) atoms. The Balaban J connectivity index is 2.15. The number of carboxylic acid groups (broad SMARTS) is 1. The van der Waals surface area contributed by atoms with E-state index in [1.165, 1.54) is 0 Å². The van der Waals surface area contributed by atoms with Crippen molar-refractivity contribution >= 4 is 29.2 Å². The van der Waals surface area contributed by atoms with Crippen molar-refractivity contribution in [3.63, 3.8) is 0 Å². The molecular weight excluding hydrogens is 342 g/mol. The lowest BCUT2D eigenvalue weighted by atomic mass is 9.83. The zero-order valence-electron chi connectivity index (χ0n) is 14.3. The number of aryl methyl sites for hydroxylation is 1. The first kappa shape index (κ1) is 18.8. The second kappa shape index (κ2) is 7.57. The van der Waals surface area contributed by atoms with Gasteiger partial charge in [-0.2, -0.15) is 0 Å². The molecule has 0 aliphatic carbocycles. The van der Waals surface area contributed by atoms with Gasteiger partial charge in [-0.3, -0.25) is 4.79 Å². The summed E-state index contributed by atoms with van der Waals surface area (Å²) < 4.78 is 5.13.